The smallest absolute Gasteiger partial charge is 0.227 e. The van der Waals surface area contributed by atoms with E-state index in [0.717, 1.165) is 45.7 Å². The van der Waals surface area contributed by atoms with Gasteiger partial charge in [0, 0.05) is 30.7 Å². The minimum absolute atomic E-state index is 0.179. The van der Waals surface area contributed by atoms with Gasteiger partial charge in [0.05, 0.1) is 23.1 Å². The summed E-state index contributed by atoms with van der Waals surface area (Å²) < 4.78 is 1.03. The fourth-order valence-corrected chi connectivity index (χ4v) is 3.70. The molecule has 0 N–H and O–H groups in total. The number of aromatic nitrogens is 2. The number of piperazine rings is 1. The van der Waals surface area contributed by atoms with Crippen molar-refractivity contribution >= 4 is 38.7 Å². The van der Waals surface area contributed by atoms with Crippen molar-refractivity contribution in [3.05, 3.63) is 64.3 Å². The lowest BCUT2D eigenvalue weighted by atomic mass is 10.1. The maximum atomic E-state index is 12.6. The van der Waals surface area contributed by atoms with Gasteiger partial charge < -0.3 is 9.80 Å². The minimum Gasteiger partial charge on any atom is -0.352 e. The molecule has 4 rings (SSSR count). The van der Waals surface area contributed by atoms with Gasteiger partial charge in [-0.25, -0.2) is 9.97 Å². The summed E-state index contributed by atoms with van der Waals surface area (Å²) in [6.45, 7) is 4.98. The van der Waals surface area contributed by atoms with Crippen LogP contribution in [-0.2, 0) is 11.2 Å². The fraction of sp³-hybridized carbons (Fsp3) is 0.286. The van der Waals surface area contributed by atoms with Crippen molar-refractivity contribution in [2.24, 2.45) is 0 Å². The van der Waals surface area contributed by atoms with E-state index in [2.05, 4.69) is 25.8 Å². The summed E-state index contributed by atoms with van der Waals surface area (Å²) in [6, 6.07) is 15.9. The number of carbonyl (C=O) groups is 1. The monoisotopic (exact) mass is 424 g/mol. The first kappa shape index (κ1) is 17.9. The van der Waals surface area contributed by atoms with Crippen LogP contribution in [0.4, 0.5) is 5.82 Å². The van der Waals surface area contributed by atoms with E-state index in [-0.39, 0.29) is 5.91 Å². The third-order valence-electron chi connectivity index (χ3n) is 4.92. The lowest BCUT2D eigenvalue weighted by Crippen LogP contribution is -2.49. The molecule has 0 spiro atoms. The number of rotatable bonds is 3. The fourth-order valence-electron chi connectivity index (χ4n) is 3.43. The Bertz CT molecular complexity index is 966. The Hall–Kier alpha value is -2.47. The summed E-state index contributed by atoms with van der Waals surface area (Å²) >= 11 is 3.43. The molecule has 138 valence electrons. The Labute approximate surface area is 167 Å². The summed E-state index contributed by atoms with van der Waals surface area (Å²) in [4.78, 5) is 26.3. The number of hydrogen-bond acceptors (Lipinski definition) is 4. The largest absolute Gasteiger partial charge is 0.352 e. The number of para-hydroxylation sites is 2. The summed E-state index contributed by atoms with van der Waals surface area (Å²) in [7, 11) is 0. The van der Waals surface area contributed by atoms with Crippen LogP contribution in [0, 0.1) is 6.92 Å². The van der Waals surface area contributed by atoms with Gasteiger partial charge in [-0.1, -0.05) is 40.2 Å². The average molecular weight is 425 g/mol. The van der Waals surface area contributed by atoms with Crippen molar-refractivity contribution in [1.29, 1.82) is 0 Å². The number of anilines is 1. The van der Waals surface area contributed by atoms with E-state index < -0.39 is 0 Å². The molecule has 1 saturated heterocycles. The highest BCUT2D eigenvalue weighted by molar-refractivity contribution is 9.10. The molecular weight excluding hydrogens is 404 g/mol. The molecule has 2 heterocycles. The second kappa shape index (κ2) is 7.64. The van der Waals surface area contributed by atoms with E-state index in [9.17, 15) is 4.79 Å². The molecule has 5 nitrogen and oxygen atoms in total. The molecule has 0 saturated carbocycles. The predicted octanol–water partition coefficient (Wildman–Crippen LogP) is 3.59. The highest BCUT2D eigenvalue weighted by Crippen LogP contribution is 2.21. The zero-order chi connectivity index (χ0) is 18.8. The summed E-state index contributed by atoms with van der Waals surface area (Å²) in [6.07, 6.45) is 0.447. The molecule has 0 radical (unpaired) electrons. The zero-order valence-electron chi connectivity index (χ0n) is 15.2. The first-order valence-electron chi connectivity index (χ1n) is 9.11. The molecule has 0 bridgehead atoms. The maximum Gasteiger partial charge on any atom is 0.227 e. The number of carbonyl (C=O) groups excluding carboxylic acids is 1. The van der Waals surface area contributed by atoms with Crippen molar-refractivity contribution < 1.29 is 4.79 Å². The number of hydrogen-bond donors (Lipinski definition) is 0. The molecule has 3 aromatic rings. The Morgan fingerprint density at radius 3 is 2.26 bits per heavy atom. The zero-order valence-corrected chi connectivity index (χ0v) is 16.8. The van der Waals surface area contributed by atoms with Crippen LogP contribution in [0.25, 0.3) is 11.0 Å². The predicted molar refractivity (Wildman–Crippen MR) is 111 cm³/mol. The van der Waals surface area contributed by atoms with Gasteiger partial charge in [-0.2, -0.15) is 0 Å². The normalized spacial score (nSPS) is 14.6. The lowest BCUT2D eigenvalue weighted by molar-refractivity contribution is -0.130. The Morgan fingerprint density at radius 1 is 0.963 bits per heavy atom. The second-order valence-electron chi connectivity index (χ2n) is 6.79. The van der Waals surface area contributed by atoms with Crippen LogP contribution in [0.1, 0.15) is 11.3 Å². The van der Waals surface area contributed by atoms with E-state index in [1.54, 1.807) is 0 Å². The molecule has 27 heavy (non-hydrogen) atoms. The molecule has 1 aromatic heterocycles. The molecule has 0 unspecified atom stereocenters. The van der Waals surface area contributed by atoms with Crippen molar-refractivity contribution in [2.45, 2.75) is 13.3 Å². The summed E-state index contributed by atoms with van der Waals surface area (Å²) in [5.74, 6) is 1.10. The van der Waals surface area contributed by atoms with Gasteiger partial charge in [-0.15, -0.1) is 0 Å². The quantitative estimate of drug-likeness (QED) is 0.644. The van der Waals surface area contributed by atoms with Gasteiger partial charge in [0.15, 0.2) is 5.82 Å². The number of aryl methyl sites for hydroxylation is 1. The van der Waals surface area contributed by atoms with Crippen LogP contribution in [0.2, 0.25) is 0 Å². The number of benzene rings is 2. The molecule has 2 aromatic carbocycles. The number of amides is 1. The third kappa shape index (κ3) is 3.95. The average Bonchev–Trinajstić information content (AvgIpc) is 2.69. The van der Waals surface area contributed by atoms with Crippen LogP contribution >= 0.6 is 15.9 Å². The third-order valence-corrected chi connectivity index (χ3v) is 5.45. The highest BCUT2D eigenvalue weighted by atomic mass is 79.9. The van der Waals surface area contributed by atoms with Gasteiger partial charge in [-0.3, -0.25) is 4.79 Å². The van der Waals surface area contributed by atoms with Gasteiger partial charge >= 0.3 is 0 Å². The molecule has 1 amide bonds. The van der Waals surface area contributed by atoms with Crippen LogP contribution in [0.3, 0.4) is 0 Å². The van der Waals surface area contributed by atoms with Crippen molar-refractivity contribution in [3.63, 3.8) is 0 Å². The molecule has 1 aliphatic rings. The van der Waals surface area contributed by atoms with E-state index in [1.165, 1.54) is 0 Å². The van der Waals surface area contributed by atoms with Gasteiger partial charge in [0.25, 0.3) is 0 Å². The number of nitrogens with zero attached hydrogens (tertiary/aromatic N) is 4. The minimum atomic E-state index is 0.179. The van der Waals surface area contributed by atoms with Crippen LogP contribution in [-0.4, -0.2) is 47.0 Å². The van der Waals surface area contributed by atoms with Crippen LogP contribution in [0.5, 0.6) is 0 Å². The second-order valence-corrected chi connectivity index (χ2v) is 7.71. The topological polar surface area (TPSA) is 49.3 Å². The van der Waals surface area contributed by atoms with Crippen molar-refractivity contribution in [3.8, 4) is 0 Å². The number of fused-ring (bicyclic) bond motifs is 1. The lowest BCUT2D eigenvalue weighted by Gasteiger charge is -2.36. The Balaban J connectivity index is 1.42. The van der Waals surface area contributed by atoms with E-state index >= 15 is 0 Å². The maximum absolute atomic E-state index is 12.6. The molecule has 1 fully saturated rings. The SMILES string of the molecule is Cc1nc2ccccc2nc1N1CCN(C(=O)Cc2ccc(Br)cc2)CC1. The Kier molecular flexibility index (Phi) is 5.07. The number of halogens is 1. The van der Waals surface area contributed by atoms with Crippen LogP contribution < -0.4 is 4.90 Å². The van der Waals surface area contributed by atoms with Crippen LogP contribution in [0.15, 0.2) is 53.0 Å². The van der Waals surface area contributed by atoms with E-state index in [0.29, 0.717) is 19.5 Å². The Morgan fingerprint density at radius 2 is 1.59 bits per heavy atom. The van der Waals surface area contributed by atoms with E-state index in [4.69, 9.17) is 4.98 Å². The first-order valence-corrected chi connectivity index (χ1v) is 9.90. The van der Waals surface area contributed by atoms with Crippen molar-refractivity contribution in [1.82, 2.24) is 14.9 Å². The molecule has 0 atom stereocenters. The summed E-state index contributed by atoms with van der Waals surface area (Å²) in [5, 5.41) is 0. The van der Waals surface area contributed by atoms with Gasteiger partial charge in [0.1, 0.15) is 0 Å². The first-order chi connectivity index (χ1) is 13.1. The van der Waals surface area contributed by atoms with E-state index in [1.807, 2.05) is 60.4 Å². The van der Waals surface area contributed by atoms with Gasteiger partial charge in [-0.05, 0) is 36.8 Å². The highest BCUT2D eigenvalue weighted by Gasteiger charge is 2.23. The standard InChI is InChI=1S/C21H21BrN4O/c1-15-21(24-19-5-3-2-4-18(19)23-15)26-12-10-25(11-13-26)20(27)14-16-6-8-17(22)9-7-16/h2-9H,10-14H2,1H3. The van der Waals surface area contributed by atoms with Gasteiger partial charge in [0.2, 0.25) is 5.91 Å². The molecule has 6 heteroatoms. The molecule has 1 aliphatic heterocycles. The van der Waals surface area contributed by atoms with Crippen molar-refractivity contribution in [2.75, 3.05) is 31.1 Å². The molecular formula is C21H21BrN4O. The summed E-state index contributed by atoms with van der Waals surface area (Å²) in [5.41, 5.74) is 3.80. The molecule has 0 aliphatic carbocycles.